The van der Waals surface area contributed by atoms with Gasteiger partial charge in [-0.1, -0.05) is 6.92 Å². The summed E-state index contributed by atoms with van der Waals surface area (Å²) in [6.45, 7) is 1.73. The van der Waals surface area contributed by atoms with Gasteiger partial charge in [0.25, 0.3) is 5.56 Å². The second-order valence-corrected chi connectivity index (χ2v) is 13.9. The van der Waals surface area contributed by atoms with Crippen molar-refractivity contribution >= 4 is 26.8 Å². The number of aliphatic hydroxyl groups is 1. The number of sulfone groups is 1. The molecule has 0 radical (unpaired) electrons. The molecule has 3 unspecified atom stereocenters. The normalized spacial score (nSPS) is 23.1. The zero-order valence-corrected chi connectivity index (χ0v) is 24.7. The predicted octanol–water partition coefficient (Wildman–Crippen LogP) is 2.81. The summed E-state index contributed by atoms with van der Waals surface area (Å²) in [6, 6.07) is 2.85. The molecule has 3 aliphatic rings. The summed E-state index contributed by atoms with van der Waals surface area (Å²) in [5.74, 6) is 1.23. The van der Waals surface area contributed by atoms with Crippen LogP contribution >= 0.6 is 0 Å². The maximum Gasteiger partial charge on any atom is 0.295 e. The summed E-state index contributed by atoms with van der Waals surface area (Å²) in [5, 5.41) is 14.2. The molecule has 3 atom stereocenters. The minimum Gasteiger partial charge on any atom is -0.480 e. The van der Waals surface area contributed by atoms with Gasteiger partial charge in [0.1, 0.15) is 17.4 Å². The van der Waals surface area contributed by atoms with Crippen molar-refractivity contribution in [1.82, 2.24) is 34.5 Å². The van der Waals surface area contributed by atoms with Crippen molar-refractivity contribution in [3.8, 4) is 17.3 Å². The van der Waals surface area contributed by atoms with Crippen LogP contribution in [-0.4, -0.2) is 66.5 Å². The van der Waals surface area contributed by atoms with E-state index in [1.165, 1.54) is 18.6 Å². The van der Waals surface area contributed by atoms with Gasteiger partial charge in [0, 0.05) is 18.2 Å². The number of methoxy groups -OCH3 is 1. The molecule has 0 aliphatic heterocycles. The summed E-state index contributed by atoms with van der Waals surface area (Å²) in [7, 11) is -1.83. The molecule has 4 aromatic heterocycles. The summed E-state index contributed by atoms with van der Waals surface area (Å²) in [6.07, 6.45) is 9.17. The van der Waals surface area contributed by atoms with Crippen molar-refractivity contribution in [3.05, 3.63) is 52.6 Å². The van der Waals surface area contributed by atoms with Crippen molar-refractivity contribution in [2.45, 2.75) is 74.4 Å². The quantitative estimate of drug-likeness (QED) is 0.286. The molecule has 14 heteroatoms. The molecule has 43 heavy (non-hydrogen) atoms. The average molecular weight is 605 g/mol. The summed E-state index contributed by atoms with van der Waals surface area (Å²) in [5.41, 5.74) is 1.63. The monoisotopic (exact) mass is 604 g/mol. The van der Waals surface area contributed by atoms with Crippen LogP contribution in [0.5, 0.6) is 5.88 Å². The van der Waals surface area contributed by atoms with E-state index in [0.717, 1.165) is 31.4 Å². The lowest BCUT2D eigenvalue weighted by Gasteiger charge is -2.39. The van der Waals surface area contributed by atoms with Crippen LogP contribution in [0.15, 0.2) is 40.5 Å². The van der Waals surface area contributed by atoms with Crippen LogP contribution in [0.4, 0.5) is 5.82 Å². The fourth-order valence-corrected chi connectivity index (χ4v) is 7.16. The van der Waals surface area contributed by atoms with Crippen LogP contribution in [-0.2, 0) is 16.4 Å². The number of hydrogen-bond donors (Lipinski definition) is 2. The van der Waals surface area contributed by atoms with Crippen molar-refractivity contribution in [3.63, 3.8) is 0 Å². The first-order valence-electron chi connectivity index (χ1n) is 14.5. The third kappa shape index (κ3) is 4.82. The molecule has 13 nitrogen and oxygen atoms in total. The molecule has 0 saturated heterocycles. The van der Waals surface area contributed by atoms with E-state index in [1.54, 1.807) is 30.9 Å². The fraction of sp³-hybridized carbons (Fsp3) is 0.483. The van der Waals surface area contributed by atoms with Gasteiger partial charge in [-0.05, 0) is 56.6 Å². The zero-order valence-electron chi connectivity index (χ0n) is 23.9. The molecular formula is C29H32N8O5S. The second kappa shape index (κ2) is 10.3. The SMILES string of the molecule is CCS(=O)(=O)c1ccc(CNc2nc3cnc(-c4c(OC)ncnc4C4CC4)nc3n(C3CC4CCC4(O)C3)c2=O)nc1. The van der Waals surface area contributed by atoms with Crippen LogP contribution in [0, 0.1) is 5.92 Å². The number of nitrogens with zero attached hydrogens (tertiary/aromatic N) is 7. The third-order valence-electron chi connectivity index (χ3n) is 9.02. The Bertz CT molecular complexity index is 1890. The van der Waals surface area contributed by atoms with Crippen molar-refractivity contribution in [1.29, 1.82) is 0 Å². The Balaban J connectivity index is 1.30. The zero-order chi connectivity index (χ0) is 29.9. The lowest BCUT2D eigenvalue weighted by Crippen LogP contribution is -2.42. The minimum absolute atomic E-state index is 0.0142. The van der Waals surface area contributed by atoms with Gasteiger partial charge >= 0.3 is 0 Å². The highest BCUT2D eigenvalue weighted by atomic mass is 32.2. The van der Waals surface area contributed by atoms with Crippen LogP contribution in [0.2, 0.25) is 0 Å². The van der Waals surface area contributed by atoms with E-state index in [2.05, 4.69) is 30.2 Å². The van der Waals surface area contributed by atoms with E-state index >= 15 is 0 Å². The van der Waals surface area contributed by atoms with E-state index < -0.39 is 15.4 Å². The molecule has 2 N–H and O–H groups in total. The molecule has 7 rings (SSSR count). The van der Waals surface area contributed by atoms with Gasteiger partial charge in [-0.15, -0.1) is 0 Å². The number of nitrogens with one attached hydrogen (secondary N) is 1. The fourth-order valence-electron chi connectivity index (χ4n) is 6.33. The molecule has 0 spiro atoms. The third-order valence-corrected chi connectivity index (χ3v) is 10.7. The number of pyridine rings is 1. The van der Waals surface area contributed by atoms with Gasteiger partial charge in [0.2, 0.25) is 5.88 Å². The van der Waals surface area contributed by atoms with Gasteiger partial charge in [0.05, 0.1) is 47.5 Å². The molecule has 3 saturated carbocycles. The number of aromatic nitrogens is 7. The van der Waals surface area contributed by atoms with E-state index in [-0.39, 0.29) is 46.4 Å². The largest absolute Gasteiger partial charge is 0.480 e. The maximum atomic E-state index is 14.1. The number of anilines is 1. The molecule has 3 fully saturated rings. The standard InChI is InChI=1S/C29H32N8O5S/c1-3-43(40,41)20-7-6-18(30-13-20)12-31-25-28(38)37(19-10-17-8-9-29(17,39)11-19)26-21(35-25)14-32-24(36-26)22-23(16-4-5-16)33-15-34-27(22)42-2/h6-7,13-17,19,39H,3-5,8-12H2,1-2H3,(H,31,35). The number of ether oxygens (including phenoxy) is 1. The van der Waals surface area contributed by atoms with Crippen LogP contribution in [0.3, 0.4) is 0 Å². The first-order valence-corrected chi connectivity index (χ1v) is 16.2. The van der Waals surface area contributed by atoms with Gasteiger partial charge < -0.3 is 15.2 Å². The van der Waals surface area contributed by atoms with Gasteiger partial charge in [-0.25, -0.2) is 33.3 Å². The highest BCUT2D eigenvalue weighted by Gasteiger charge is 2.53. The Morgan fingerprint density at radius 3 is 2.58 bits per heavy atom. The van der Waals surface area contributed by atoms with Gasteiger partial charge in [-0.3, -0.25) is 14.3 Å². The van der Waals surface area contributed by atoms with E-state index in [4.69, 9.17) is 9.72 Å². The number of hydrogen-bond acceptors (Lipinski definition) is 12. The van der Waals surface area contributed by atoms with E-state index in [0.29, 0.717) is 47.0 Å². The first-order chi connectivity index (χ1) is 20.7. The minimum atomic E-state index is -3.37. The topological polar surface area (TPSA) is 175 Å². The van der Waals surface area contributed by atoms with E-state index in [1.807, 2.05) is 0 Å². The molecule has 3 aliphatic carbocycles. The Hall–Kier alpha value is -4.04. The molecule has 0 amide bonds. The molecular weight excluding hydrogens is 572 g/mol. The number of rotatable bonds is 9. The van der Waals surface area contributed by atoms with E-state index in [9.17, 15) is 18.3 Å². The highest BCUT2D eigenvalue weighted by molar-refractivity contribution is 7.91. The lowest BCUT2D eigenvalue weighted by molar-refractivity contribution is -0.0720. The molecule has 0 aromatic carbocycles. The van der Waals surface area contributed by atoms with Crippen molar-refractivity contribution in [2.24, 2.45) is 5.92 Å². The highest BCUT2D eigenvalue weighted by Crippen LogP contribution is 2.54. The predicted molar refractivity (Wildman–Crippen MR) is 156 cm³/mol. The molecule has 224 valence electrons. The summed E-state index contributed by atoms with van der Waals surface area (Å²) >= 11 is 0. The van der Waals surface area contributed by atoms with Crippen LogP contribution < -0.4 is 15.6 Å². The summed E-state index contributed by atoms with van der Waals surface area (Å²) < 4.78 is 31.5. The smallest absolute Gasteiger partial charge is 0.295 e. The Labute approximate surface area is 247 Å². The lowest BCUT2D eigenvalue weighted by atomic mass is 9.72. The Morgan fingerprint density at radius 1 is 1.12 bits per heavy atom. The van der Waals surface area contributed by atoms with Crippen molar-refractivity contribution in [2.75, 3.05) is 18.2 Å². The Morgan fingerprint density at radius 2 is 1.95 bits per heavy atom. The molecule has 4 aromatic rings. The number of fused-ring (bicyclic) bond motifs is 2. The first kappa shape index (κ1) is 27.8. The van der Waals surface area contributed by atoms with Crippen LogP contribution in [0.25, 0.3) is 22.6 Å². The average Bonchev–Trinajstić information content (AvgIpc) is 3.84. The van der Waals surface area contributed by atoms with Crippen LogP contribution in [0.1, 0.15) is 68.8 Å². The van der Waals surface area contributed by atoms with Gasteiger partial charge in [-0.2, -0.15) is 0 Å². The molecule has 0 bridgehead atoms. The Kier molecular flexibility index (Phi) is 6.65. The molecule has 4 heterocycles. The summed E-state index contributed by atoms with van der Waals surface area (Å²) in [4.78, 5) is 41.4. The van der Waals surface area contributed by atoms with Crippen molar-refractivity contribution < 1.29 is 18.3 Å². The second-order valence-electron chi connectivity index (χ2n) is 11.6. The van der Waals surface area contributed by atoms with Gasteiger partial charge in [0.15, 0.2) is 27.1 Å². The maximum absolute atomic E-state index is 14.1.